The van der Waals surface area contributed by atoms with E-state index in [1.54, 1.807) is 24.5 Å². The number of carbonyl (C=O) groups excluding carboxylic acids is 1. The fourth-order valence-electron chi connectivity index (χ4n) is 2.73. The topological polar surface area (TPSA) is 59.8 Å². The lowest BCUT2D eigenvalue weighted by Crippen LogP contribution is -2.38. The van der Waals surface area contributed by atoms with Crippen LogP contribution in [-0.2, 0) is 0 Å². The Labute approximate surface area is 125 Å². The summed E-state index contributed by atoms with van der Waals surface area (Å²) in [6.07, 6.45) is 10.4. The van der Waals surface area contributed by atoms with Crippen molar-refractivity contribution in [3.8, 4) is 0 Å². The lowest BCUT2D eigenvalue weighted by atomic mass is 10.1. The Morgan fingerprint density at radius 3 is 3.05 bits per heavy atom. The van der Waals surface area contributed by atoms with Gasteiger partial charge in [0.15, 0.2) is 0 Å². The van der Waals surface area contributed by atoms with Crippen molar-refractivity contribution < 1.29 is 4.79 Å². The van der Waals surface area contributed by atoms with Gasteiger partial charge in [0.05, 0.1) is 17.9 Å². The number of nitrogens with one attached hydrogen (secondary N) is 1. The fourth-order valence-corrected chi connectivity index (χ4v) is 3.16. The van der Waals surface area contributed by atoms with E-state index in [4.69, 9.17) is 0 Å². The molecule has 0 bridgehead atoms. The van der Waals surface area contributed by atoms with Gasteiger partial charge in [-0.25, -0.2) is 9.97 Å². The highest BCUT2D eigenvalue weighted by Crippen LogP contribution is 2.30. The summed E-state index contributed by atoms with van der Waals surface area (Å²) in [5, 5.41) is 3.12. The summed E-state index contributed by atoms with van der Waals surface area (Å²) in [5.41, 5.74) is 0.573. The number of nitrogens with zero attached hydrogens (tertiary/aromatic N) is 3. The minimum atomic E-state index is -0.0815. The number of pyridine rings is 1. The third kappa shape index (κ3) is 2.60. The molecule has 2 heterocycles. The van der Waals surface area contributed by atoms with E-state index in [9.17, 15) is 4.79 Å². The Bertz CT molecular complexity index is 599. The summed E-state index contributed by atoms with van der Waals surface area (Å²) in [6, 6.07) is 3.97. The van der Waals surface area contributed by atoms with E-state index in [0.29, 0.717) is 10.2 Å². The van der Waals surface area contributed by atoms with Gasteiger partial charge in [-0.3, -0.25) is 4.79 Å². The molecule has 2 aromatic heterocycles. The van der Waals surface area contributed by atoms with E-state index >= 15 is 0 Å². The molecule has 1 amide bonds. The van der Waals surface area contributed by atoms with Crippen molar-refractivity contribution in [1.29, 1.82) is 0 Å². The number of rotatable bonds is 3. The molecule has 0 aliphatic heterocycles. The average molecular weight is 335 g/mol. The normalized spacial score (nSPS) is 21.9. The average Bonchev–Trinajstić information content (AvgIpc) is 3.09. The summed E-state index contributed by atoms with van der Waals surface area (Å²) in [4.78, 5) is 20.5. The molecule has 2 atom stereocenters. The van der Waals surface area contributed by atoms with Gasteiger partial charge in [-0.2, -0.15) is 0 Å². The minimum Gasteiger partial charge on any atom is -0.347 e. The molecule has 0 saturated heterocycles. The lowest BCUT2D eigenvalue weighted by molar-refractivity contribution is 0.0927. The Balaban J connectivity index is 1.74. The van der Waals surface area contributed by atoms with Crippen LogP contribution in [0.15, 0.2) is 41.7 Å². The van der Waals surface area contributed by atoms with E-state index in [0.717, 1.165) is 19.3 Å². The quantitative estimate of drug-likeness (QED) is 0.877. The maximum absolute atomic E-state index is 12.3. The molecule has 3 rings (SSSR count). The molecular weight excluding hydrogens is 320 g/mol. The Hall–Kier alpha value is -1.69. The standard InChI is InChI=1S/C14H15BrN4O/c15-13-10(3-2-6-17-13)14(20)18-11-4-1-5-12(11)19-8-7-16-9-19/h2-3,6-9,11-12H,1,4-5H2,(H,18,20). The van der Waals surface area contributed by atoms with Gasteiger partial charge in [0, 0.05) is 24.6 Å². The number of amides is 1. The van der Waals surface area contributed by atoms with Crippen molar-refractivity contribution in [3.05, 3.63) is 47.2 Å². The van der Waals surface area contributed by atoms with Gasteiger partial charge >= 0.3 is 0 Å². The van der Waals surface area contributed by atoms with Gasteiger partial charge in [0.1, 0.15) is 4.60 Å². The first-order chi connectivity index (χ1) is 9.75. The molecule has 0 aromatic carbocycles. The van der Waals surface area contributed by atoms with E-state index in [2.05, 4.69) is 35.8 Å². The van der Waals surface area contributed by atoms with Crippen LogP contribution in [0.5, 0.6) is 0 Å². The fraction of sp³-hybridized carbons (Fsp3) is 0.357. The Kier molecular flexibility index (Phi) is 3.82. The number of carbonyl (C=O) groups is 1. The van der Waals surface area contributed by atoms with E-state index < -0.39 is 0 Å². The van der Waals surface area contributed by atoms with Gasteiger partial charge in [0.25, 0.3) is 5.91 Å². The molecule has 0 spiro atoms. The summed E-state index contributed by atoms with van der Waals surface area (Å²) >= 11 is 3.31. The van der Waals surface area contributed by atoms with Crippen molar-refractivity contribution in [2.75, 3.05) is 0 Å². The predicted molar refractivity (Wildman–Crippen MR) is 78.3 cm³/mol. The van der Waals surface area contributed by atoms with E-state index in [-0.39, 0.29) is 18.0 Å². The number of imidazole rings is 1. The lowest BCUT2D eigenvalue weighted by Gasteiger charge is -2.22. The maximum Gasteiger partial charge on any atom is 0.254 e. The first kappa shape index (κ1) is 13.3. The maximum atomic E-state index is 12.3. The zero-order chi connectivity index (χ0) is 13.9. The zero-order valence-electron chi connectivity index (χ0n) is 10.9. The highest BCUT2D eigenvalue weighted by Gasteiger charge is 2.30. The number of aromatic nitrogens is 3. The molecule has 6 heteroatoms. The van der Waals surface area contributed by atoms with Crippen LogP contribution in [0.3, 0.4) is 0 Å². The second kappa shape index (κ2) is 5.75. The van der Waals surface area contributed by atoms with Crippen LogP contribution in [0.4, 0.5) is 0 Å². The van der Waals surface area contributed by atoms with Crippen molar-refractivity contribution in [2.24, 2.45) is 0 Å². The number of halogens is 1. The van der Waals surface area contributed by atoms with Crippen molar-refractivity contribution in [2.45, 2.75) is 31.3 Å². The van der Waals surface area contributed by atoms with Crippen molar-refractivity contribution >= 4 is 21.8 Å². The van der Waals surface area contributed by atoms with E-state index in [1.165, 1.54) is 0 Å². The molecule has 2 aromatic rings. The minimum absolute atomic E-state index is 0.0815. The van der Waals surface area contributed by atoms with Gasteiger partial charge in [-0.05, 0) is 47.3 Å². The molecule has 104 valence electrons. The molecular formula is C14H15BrN4O. The van der Waals surface area contributed by atoms with Crippen LogP contribution < -0.4 is 5.32 Å². The molecule has 20 heavy (non-hydrogen) atoms. The van der Waals surface area contributed by atoms with Crippen LogP contribution in [0.25, 0.3) is 0 Å². The molecule has 1 aliphatic rings. The van der Waals surface area contributed by atoms with Crippen LogP contribution in [0.2, 0.25) is 0 Å². The van der Waals surface area contributed by atoms with Crippen molar-refractivity contribution in [1.82, 2.24) is 19.9 Å². The molecule has 5 nitrogen and oxygen atoms in total. The zero-order valence-corrected chi connectivity index (χ0v) is 12.5. The first-order valence-corrected chi connectivity index (χ1v) is 7.44. The molecule has 1 N–H and O–H groups in total. The highest BCUT2D eigenvalue weighted by atomic mass is 79.9. The smallest absolute Gasteiger partial charge is 0.254 e. The van der Waals surface area contributed by atoms with Gasteiger partial charge in [0.2, 0.25) is 0 Å². The van der Waals surface area contributed by atoms with E-state index in [1.807, 2.05) is 12.5 Å². The number of hydrogen-bond donors (Lipinski definition) is 1. The summed E-state index contributed by atoms with van der Waals surface area (Å²) in [7, 11) is 0. The summed E-state index contributed by atoms with van der Waals surface area (Å²) in [5.74, 6) is -0.0815. The van der Waals surface area contributed by atoms with Gasteiger partial charge in [-0.1, -0.05) is 0 Å². The second-order valence-electron chi connectivity index (χ2n) is 4.93. The van der Waals surface area contributed by atoms with Crippen LogP contribution >= 0.6 is 15.9 Å². The summed E-state index contributed by atoms with van der Waals surface area (Å²) < 4.78 is 2.66. The molecule has 0 radical (unpaired) electrons. The summed E-state index contributed by atoms with van der Waals surface area (Å²) in [6.45, 7) is 0. The molecule has 2 unspecified atom stereocenters. The van der Waals surface area contributed by atoms with Crippen molar-refractivity contribution in [3.63, 3.8) is 0 Å². The van der Waals surface area contributed by atoms with Crippen LogP contribution in [-0.4, -0.2) is 26.5 Å². The molecule has 1 aliphatic carbocycles. The van der Waals surface area contributed by atoms with Gasteiger partial charge < -0.3 is 9.88 Å². The third-order valence-corrected chi connectivity index (χ3v) is 4.34. The highest BCUT2D eigenvalue weighted by molar-refractivity contribution is 9.10. The molecule has 1 saturated carbocycles. The SMILES string of the molecule is O=C(NC1CCCC1n1ccnc1)c1cccnc1Br. The Morgan fingerprint density at radius 2 is 2.30 bits per heavy atom. The van der Waals surface area contributed by atoms with Gasteiger partial charge in [-0.15, -0.1) is 0 Å². The largest absolute Gasteiger partial charge is 0.347 e. The third-order valence-electron chi connectivity index (χ3n) is 3.71. The van der Waals surface area contributed by atoms with Crippen LogP contribution in [0, 0.1) is 0 Å². The number of hydrogen-bond acceptors (Lipinski definition) is 3. The molecule has 1 fully saturated rings. The second-order valence-corrected chi connectivity index (χ2v) is 5.68. The Morgan fingerprint density at radius 1 is 1.40 bits per heavy atom. The van der Waals surface area contributed by atoms with Crippen LogP contribution in [0.1, 0.15) is 35.7 Å². The first-order valence-electron chi connectivity index (χ1n) is 6.64. The monoisotopic (exact) mass is 334 g/mol. The predicted octanol–water partition coefficient (Wildman–Crippen LogP) is 2.56.